The van der Waals surface area contributed by atoms with E-state index in [0.29, 0.717) is 24.3 Å². The molecule has 3 nitrogen and oxygen atoms in total. The lowest BCUT2D eigenvalue weighted by Gasteiger charge is -2.20. The Bertz CT molecular complexity index is 398. The monoisotopic (exact) mass is 248 g/mol. The van der Waals surface area contributed by atoms with Gasteiger partial charge in [0.15, 0.2) is 5.78 Å². The number of methoxy groups -OCH3 is 1. The molecule has 2 aliphatic carbocycles. The Morgan fingerprint density at radius 3 is 2.61 bits per heavy atom. The lowest BCUT2D eigenvalue weighted by molar-refractivity contribution is -0.136. The number of allylic oxidation sites excluding steroid dienone is 3. The molecule has 0 radical (unpaired) electrons. The first-order chi connectivity index (χ1) is 8.70. The smallest absolute Gasteiger partial charge is 0.333 e. The molecule has 2 aliphatic rings. The predicted octanol–water partition coefficient (Wildman–Crippen LogP) is 2.96. The molecule has 0 N–H and O–H groups in total. The van der Waals surface area contributed by atoms with Crippen molar-refractivity contribution in [2.75, 3.05) is 7.11 Å². The van der Waals surface area contributed by atoms with Crippen LogP contribution in [0, 0.1) is 5.92 Å². The van der Waals surface area contributed by atoms with Gasteiger partial charge in [-0.1, -0.05) is 25.3 Å². The van der Waals surface area contributed by atoms with E-state index in [1.807, 2.05) is 0 Å². The van der Waals surface area contributed by atoms with Gasteiger partial charge in [0.2, 0.25) is 0 Å². The molecule has 0 aromatic heterocycles. The number of carbonyl (C=O) groups excluding carboxylic acids is 2. The van der Waals surface area contributed by atoms with Crippen molar-refractivity contribution in [3.63, 3.8) is 0 Å². The van der Waals surface area contributed by atoms with Crippen LogP contribution in [-0.2, 0) is 14.3 Å². The molecular formula is C15H20O3. The first-order valence-corrected chi connectivity index (χ1v) is 6.74. The number of ether oxygens (including phenoxy) is 1. The van der Waals surface area contributed by atoms with Crippen LogP contribution in [0.15, 0.2) is 23.3 Å². The van der Waals surface area contributed by atoms with Gasteiger partial charge in [-0.2, -0.15) is 0 Å². The third-order valence-electron chi connectivity index (χ3n) is 3.82. The highest BCUT2D eigenvalue weighted by Gasteiger charge is 2.22. The van der Waals surface area contributed by atoms with E-state index in [0.717, 1.165) is 5.57 Å². The summed E-state index contributed by atoms with van der Waals surface area (Å²) >= 11 is 0. The standard InChI is InChI=1S/C15H20O3/c1-18-15(17)13-8-7-12(14(16)10-13)9-11-5-3-2-4-6-11/h9-11H,2-8H2,1H3/b12-9+. The Morgan fingerprint density at radius 1 is 1.28 bits per heavy atom. The second-order valence-electron chi connectivity index (χ2n) is 5.12. The fourth-order valence-corrected chi connectivity index (χ4v) is 2.76. The maximum absolute atomic E-state index is 11.9. The molecule has 0 atom stereocenters. The fourth-order valence-electron chi connectivity index (χ4n) is 2.76. The topological polar surface area (TPSA) is 43.4 Å². The van der Waals surface area contributed by atoms with E-state index < -0.39 is 0 Å². The van der Waals surface area contributed by atoms with Crippen molar-refractivity contribution >= 4 is 11.8 Å². The molecule has 2 rings (SSSR count). The summed E-state index contributed by atoms with van der Waals surface area (Å²) in [6.07, 6.45) is 11.1. The molecule has 0 aliphatic heterocycles. The Balaban J connectivity index is 2.04. The van der Waals surface area contributed by atoms with Crippen molar-refractivity contribution in [2.24, 2.45) is 5.92 Å². The van der Waals surface area contributed by atoms with Gasteiger partial charge in [0, 0.05) is 5.57 Å². The quantitative estimate of drug-likeness (QED) is 0.557. The second-order valence-corrected chi connectivity index (χ2v) is 5.12. The molecule has 0 unspecified atom stereocenters. The highest BCUT2D eigenvalue weighted by atomic mass is 16.5. The minimum Gasteiger partial charge on any atom is -0.466 e. The summed E-state index contributed by atoms with van der Waals surface area (Å²) in [6, 6.07) is 0. The zero-order valence-corrected chi connectivity index (χ0v) is 10.9. The summed E-state index contributed by atoms with van der Waals surface area (Å²) in [5.74, 6) is 0.179. The van der Waals surface area contributed by atoms with Crippen molar-refractivity contribution in [2.45, 2.75) is 44.9 Å². The summed E-state index contributed by atoms with van der Waals surface area (Å²) in [5.41, 5.74) is 1.39. The maximum atomic E-state index is 11.9. The van der Waals surface area contributed by atoms with E-state index >= 15 is 0 Å². The zero-order chi connectivity index (χ0) is 13.0. The van der Waals surface area contributed by atoms with Gasteiger partial charge >= 0.3 is 5.97 Å². The van der Waals surface area contributed by atoms with Crippen LogP contribution in [0.5, 0.6) is 0 Å². The highest BCUT2D eigenvalue weighted by Crippen LogP contribution is 2.29. The van der Waals surface area contributed by atoms with Crippen molar-refractivity contribution in [3.8, 4) is 0 Å². The van der Waals surface area contributed by atoms with Gasteiger partial charge in [-0.05, 0) is 43.3 Å². The average Bonchev–Trinajstić information content (AvgIpc) is 2.41. The van der Waals surface area contributed by atoms with E-state index in [9.17, 15) is 9.59 Å². The van der Waals surface area contributed by atoms with E-state index in [-0.39, 0.29) is 11.8 Å². The molecule has 0 saturated heterocycles. The normalized spacial score (nSPS) is 23.9. The molecule has 0 heterocycles. The van der Waals surface area contributed by atoms with E-state index in [1.165, 1.54) is 45.3 Å². The van der Waals surface area contributed by atoms with Crippen molar-refractivity contribution in [1.29, 1.82) is 0 Å². The Morgan fingerprint density at radius 2 is 2.00 bits per heavy atom. The molecular weight excluding hydrogens is 228 g/mol. The van der Waals surface area contributed by atoms with Gasteiger partial charge in [-0.15, -0.1) is 0 Å². The first kappa shape index (κ1) is 13.1. The van der Waals surface area contributed by atoms with E-state index in [2.05, 4.69) is 10.8 Å². The van der Waals surface area contributed by atoms with Crippen LogP contribution < -0.4 is 0 Å². The second kappa shape index (κ2) is 5.98. The van der Waals surface area contributed by atoms with Crippen LogP contribution in [0.3, 0.4) is 0 Å². The molecule has 0 bridgehead atoms. The largest absolute Gasteiger partial charge is 0.466 e. The fraction of sp³-hybridized carbons (Fsp3) is 0.600. The average molecular weight is 248 g/mol. The molecule has 3 heteroatoms. The number of ketones is 1. The molecule has 98 valence electrons. The molecule has 0 spiro atoms. The summed E-state index contributed by atoms with van der Waals surface area (Å²) in [4.78, 5) is 23.3. The van der Waals surface area contributed by atoms with Crippen molar-refractivity contribution in [1.82, 2.24) is 0 Å². The van der Waals surface area contributed by atoms with Crippen LogP contribution in [-0.4, -0.2) is 18.9 Å². The third-order valence-corrected chi connectivity index (χ3v) is 3.82. The summed E-state index contributed by atoms with van der Waals surface area (Å²) in [6.45, 7) is 0. The SMILES string of the molecule is COC(=O)C1=CC(=O)/C(=C/C2CCCCC2)CC1. The van der Waals surface area contributed by atoms with E-state index in [1.54, 1.807) is 0 Å². The Kier molecular flexibility index (Phi) is 4.34. The number of rotatable bonds is 2. The summed E-state index contributed by atoms with van der Waals surface area (Å²) < 4.78 is 4.64. The number of hydrogen-bond donors (Lipinski definition) is 0. The molecule has 1 saturated carbocycles. The molecule has 0 aromatic carbocycles. The Labute approximate surface area is 108 Å². The van der Waals surface area contributed by atoms with Crippen molar-refractivity contribution in [3.05, 3.63) is 23.3 Å². The summed E-state index contributed by atoms with van der Waals surface area (Å²) in [7, 11) is 1.35. The minimum absolute atomic E-state index is 0.00720. The van der Waals surface area contributed by atoms with Crippen LogP contribution in [0.25, 0.3) is 0 Å². The van der Waals surface area contributed by atoms with Gasteiger partial charge in [0.1, 0.15) is 0 Å². The lowest BCUT2D eigenvalue weighted by atomic mass is 9.84. The van der Waals surface area contributed by atoms with Gasteiger partial charge in [0.05, 0.1) is 7.11 Å². The van der Waals surface area contributed by atoms with Gasteiger partial charge < -0.3 is 4.74 Å². The number of esters is 1. The van der Waals surface area contributed by atoms with Crippen LogP contribution in [0.1, 0.15) is 44.9 Å². The Hall–Kier alpha value is -1.38. The zero-order valence-electron chi connectivity index (χ0n) is 10.9. The first-order valence-electron chi connectivity index (χ1n) is 6.74. The minimum atomic E-state index is -0.375. The number of hydrogen-bond acceptors (Lipinski definition) is 3. The molecule has 0 aromatic rings. The summed E-state index contributed by atoms with van der Waals surface area (Å²) in [5, 5.41) is 0. The lowest BCUT2D eigenvalue weighted by Crippen LogP contribution is -2.15. The van der Waals surface area contributed by atoms with Gasteiger partial charge in [-0.25, -0.2) is 4.79 Å². The van der Waals surface area contributed by atoms with Crippen LogP contribution in [0.2, 0.25) is 0 Å². The van der Waals surface area contributed by atoms with Crippen LogP contribution >= 0.6 is 0 Å². The molecule has 0 amide bonds. The highest BCUT2D eigenvalue weighted by molar-refractivity contribution is 6.09. The van der Waals surface area contributed by atoms with Crippen molar-refractivity contribution < 1.29 is 14.3 Å². The van der Waals surface area contributed by atoms with Crippen LogP contribution in [0.4, 0.5) is 0 Å². The molecule has 18 heavy (non-hydrogen) atoms. The third kappa shape index (κ3) is 3.09. The molecule has 1 fully saturated rings. The number of carbonyl (C=O) groups is 2. The maximum Gasteiger partial charge on any atom is 0.333 e. The van der Waals surface area contributed by atoms with E-state index in [4.69, 9.17) is 0 Å². The van der Waals surface area contributed by atoms with Gasteiger partial charge in [-0.3, -0.25) is 4.79 Å². The predicted molar refractivity (Wildman–Crippen MR) is 69.0 cm³/mol. The van der Waals surface area contributed by atoms with Gasteiger partial charge in [0.25, 0.3) is 0 Å².